The van der Waals surface area contributed by atoms with Crippen LogP contribution in [0.5, 0.6) is 0 Å². The van der Waals surface area contributed by atoms with Gasteiger partial charge in [0.25, 0.3) is 0 Å². The van der Waals surface area contributed by atoms with E-state index in [0.717, 1.165) is 17.9 Å². The van der Waals surface area contributed by atoms with E-state index in [-0.39, 0.29) is 0 Å². The molecule has 0 spiro atoms. The molecule has 0 radical (unpaired) electrons. The lowest BCUT2D eigenvalue weighted by molar-refractivity contribution is 0.251. The molecule has 3 atom stereocenters. The maximum Gasteiger partial charge on any atom is 0.00414 e. The van der Waals surface area contributed by atoms with Crippen LogP contribution in [0.4, 0.5) is 0 Å². The van der Waals surface area contributed by atoms with Crippen LogP contribution in [0.2, 0.25) is 0 Å². The minimum Gasteiger partial charge on any atom is -0.314 e. The number of hydrogen-bond acceptors (Lipinski definition) is 1. The predicted octanol–water partition coefficient (Wildman–Crippen LogP) is 1.64. The number of hydrogen-bond donors (Lipinski definition) is 1. The molecule has 1 unspecified atom stereocenters. The van der Waals surface area contributed by atoms with Crippen molar-refractivity contribution in [3.8, 4) is 0 Å². The smallest absolute Gasteiger partial charge is 0.00414 e. The van der Waals surface area contributed by atoms with Gasteiger partial charge in [0.1, 0.15) is 0 Å². The minimum atomic E-state index is 0.746. The van der Waals surface area contributed by atoms with E-state index in [1.54, 1.807) is 0 Å². The second kappa shape index (κ2) is 2.70. The molecule has 1 heterocycles. The third-order valence-electron chi connectivity index (χ3n) is 2.49. The first kappa shape index (κ1) is 7.07. The molecule has 0 saturated carbocycles. The molecule has 0 aromatic carbocycles. The van der Waals surface area contributed by atoms with Gasteiger partial charge in [0, 0.05) is 6.04 Å². The summed E-state index contributed by atoms with van der Waals surface area (Å²) in [6.07, 6.45) is 1.35. The molecule has 0 aromatic heterocycles. The predicted molar refractivity (Wildman–Crippen MR) is 40.4 cm³/mol. The molecular weight excluding hydrogens is 110 g/mol. The highest BCUT2D eigenvalue weighted by atomic mass is 14.9. The summed E-state index contributed by atoms with van der Waals surface area (Å²) in [5, 5.41) is 3.46. The molecular formula is C8H17N. The molecule has 1 fully saturated rings. The van der Waals surface area contributed by atoms with E-state index in [2.05, 4.69) is 26.1 Å². The zero-order chi connectivity index (χ0) is 6.85. The van der Waals surface area contributed by atoms with Crippen LogP contribution >= 0.6 is 0 Å². The monoisotopic (exact) mass is 127 g/mol. The number of rotatable bonds is 0. The molecule has 9 heavy (non-hydrogen) atoms. The lowest BCUT2D eigenvalue weighted by Crippen LogP contribution is -2.40. The molecule has 1 saturated heterocycles. The Hall–Kier alpha value is -0.0400. The first-order valence-corrected chi connectivity index (χ1v) is 3.93. The van der Waals surface area contributed by atoms with Gasteiger partial charge in [-0.1, -0.05) is 13.8 Å². The summed E-state index contributed by atoms with van der Waals surface area (Å²) in [5.74, 6) is 1.79. The Morgan fingerprint density at radius 3 is 2.22 bits per heavy atom. The maximum absolute atomic E-state index is 3.46. The van der Waals surface area contributed by atoms with Gasteiger partial charge in [-0.25, -0.2) is 0 Å². The van der Waals surface area contributed by atoms with E-state index >= 15 is 0 Å². The van der Waals surface area contributed by atoms with Crippen molar-refractivity contribution in [1.82, 2.24) is 5.32 Å². The fourth-order valence-corrected chi connectivity index (χ4v) is 1.46. The summed E-state index contributed by atoms with van der Waals surface area (Å²) < 4.78 is 0. The summed E-state index contributed by atoms with van der Waals surface area (Å²) in [4.78, 5) is 0. The Balaban J connectivity index is 2.35. The third-order valence-corrected chi connectivity index (χ3v) is 2.49. The highest BCUT2D eigenvalue weighted by molar-refractivity contribution is 4.76. The van der Waals surface area contributed by atoms with Gasteiger partial charge in [0.2, 0.25) is 0 Å². The quantitative estimate of drug-likeness (QED) is 0.521. The van der Waals surface area contributed by atoms with Gasteiger partial charge < -0.3 is 5.32 Å². The van der Waals surface area contributed by atoms with Crippen molar-refractivity contribution in [2.24, 2.45) is 11.8 Å². The summed E-state index contributed by atoms with van der Waals surface area (Å²) in [6, 6.07) is 0.746. The average molecular weight is 127 g/mol. The molecule has 1 N–H and O–H groups in total. The van der Waals surface area contributed by atoms with Crippen LogP contribution in [0.1, 0.15) is 27.2 Å². The van der Waals surface area contributed by atoms with Gasteiger partial charge in [-0.2, -0.15) is 0 Å². The molecule has 0 amide bonds. The summed E-state index contributed by atoms with van der Waals surface area (Å²) in [5.41, 5.74) is 0. The van der Waals surface area contributed by atoms with Gasteiger partial charge in [0.05, 0.1) is 0 Å². The van der Waals surface area contributed by atoms with Crippen molar-refractivity contribution < 1.29 is 0 Å². The first-order valence-electron chi connectivity index (χ1n) is 3.93. The Labute approximate surface area is 57.8 Å². The van der Waals surface area contributed by atoms with Crippen molar-refractivity contribution in [2.75, 3.05) is 6.54 Å². The van der Waals surface area contributed by atoms with Crippen molar-refractivity contribution >= 4 is 0 Å². The zero-order valence-corrected chi connectivity index (χ0v) is 6.65. The summed E-state index contributed by atoms with van der Waals surface area (Å²) >= 11 is 0. The fraction of sp³-hybridized carbons (Fsp3) is 1.00. The van der Waals surface area contributed by atoms with Gasteiger partial charge in [0.15, 0.2) is 0 Å². The topological polar surface area (TPSA) is 12.0 Å². The van der Waals surface area contributed by atoms with Crippen LogP contribution in [0.25, 0.3) is 0 Å². The molecule has 0 bridgehead atoms. The second-order valence-corrected chi connectivity index (χ2v) is 3.50. The Kier molecular flexibility index (Phi) is 2.12. The van der Waals surface area contributed by atoms with Crippen LogP contribution in [0.15, 0.2) is 0 Å². The van der Waals surface area contributed by atoms with E-state index in [1.165, 1.54) is 13.0 Å². The molecule has 1 aliphatic heterocycles. The van der Waals surface area contributed by atoms with Crippen molar-refractivity contribution in [3.63, 3.8) is 0 Å². The standard InChI is InChI=1S/C8H17N/c1-6-4-8(3)9-5-7(6)2/h6-9H,4-5H2,1-3H3/t6?,7-,8-/m0/s1. The van der Waals surface area contributed by atoms with Gasteiger partial charge >= 0.3 is 0 Å². The molecule has 1 heteroatoms. The van der Waals surface area contributed by atoms with Crippen LogP contribution in [-0.4, -0.2) is 12.6 Å². The zero-order valence-electron chi connectivity index (χ0n) is 6.65. The van der Waals surface area contributed by atoms with Crippen LogP contribution in [0.3, 0.4) is 0 Å². The Morgan fingerprint density at radius 1 is 1.11 bits per heavy atom. The lowest BCUT2D eigenvalue weighted by Gasteiger charge is -2.30. The van der Waals surface area contributed by atoms with Gasteiger partial charge in [-0.05, 0) is 31.7 Å². The third kappa shape index (κ3) is 1.68. The molecule has 1 nitrogen and oxygen atoms in total. The molecule has 0 aliphatic carbocycles. The molecule has 54 valence electrons. The summed E-state index contributed by atoms with van der Waals surface area (Å²) in [6.45, 7) is 8.15. The van der Waals surface area contributed by atoms with E-state index in [0.29, 0.717) is 0 Å². The Bertz CT molecular complexity index is 90.6. The van der Waals surface area contributed by atoms with E-state index in [4.69, 9.17) is 0 Å². The number of nitrogens with one attached hydrogen (secondary N) is 1. The first-order chi connectivity index (χ1) is 4.20. The molecule has 1 aliphatic rings. The largest absolute Gasteiger partial charge is 0.314 e. The van der Waals surface area contributed by atoms with Crippen molar-refractivity contribution in [1.29, 1.82) is 0 Å². The normalized spacial score (nSPS) is 45.0. The second-order valence-electron chi connectivity index (χ2n) is 3.50. The van der Waals surface area contributed by atoms with Crippen LogP contribution in [0, 0.1) is 11.8 Å². The lowest BCUT2D eigenvalue weighted by atomic mass is 9.86. The van der Waals surface area contributed by atoms with Crippen LogP contribution in [-0.2, 0) is 0 Å². The highest BCUT2D eigenvalue weighted by Crippen LogP contribution is 2.20. The molecule has 1 rings (SSSR count). The van der Waals surface area contributed by atoms with Crippen molar-refractivity contribution in [3.05, 3.63) is 0 Å². The minimum absolute atomic E-state index is 0.746. The number of piperidine rings is 1. The SMILES string of the molecule is CC1C[C@H](C)NC[C@@H]1C. The highest BCUT2D eigenvalue weighted by Gasteiger charge is 2.20. The van der Waals surface area contributed by atoms with E-state index in [9.17, 15) is 0 Å². The molecule has 0 aromatic rings. The average Bonchev–Trinajstić information content (AvgIpc) is 1.80. The Morgan fingerprint density at radius 2 is 1.78 bits per heavy atom. The van der Waals surface area contributed by atoms with Gasteiger partial charge in [-0.3, -0.25) is 0 Å². The van der Waals surface area contributed by atoms with E-state index < -0.39 is 0 Å². The summed E-state index contributed by atoms with van der Waals surface area (Å²) in [7, 11) is 0. The fourth-order valence-electron chi connectivity index (χ4n) is 1.46. The van der Waals surface area contributed by atoms with Gasteiger partial charge in [-0.15, -0.1) is 0 Å². The van der Waals surface area contributed by atoms with E-state index in [1.807, 2.05) is 0 Å². The maximum atomic E-state index is 3.46. The van der Waals surface area contributed by atoms with Crippen molar-refractivity contribution in [2.45, 2.75) is 33.2 Å². The van der Waals surface area contributed by atoms with Crippen LogP contribution < -0.4 is 5.32 Å².